The van der Waals surface area contributed by atoms with Gasteiger partial charge in [0.15, 0.2) is 11.6 Å². The zero-order chi connectivity index (χ0) is 18.8. The van der Waals surface area contributed by atoms with E-state index in [1.807, 2.05) is 21.7 Å². The lowest BCUT2D eigenvalue weighted by atomic mass is 10.1. The minimum Gasteiger partial charge on any atom is -0.371 e. The fourth-order valence-corrected chi connectivity index (χ4v) is 4.65. The zero-order valence-corrected chi connectivity index (χ0v) is 16.0. The van der Waals surface area contributed by atoms with Crippen LogP contribution in [0.3, 0.4) is 0 Å². The Morgan fingerprint density at radius 1 is 1.26 bits per heavy atom. The molecule has 1 saturated heterocycles. The van der Waals surface area contributed by atoms with Gasteiger partial charge in [0.1, 0.15) is 10.7 Å². The van der Waals surface area contributed by atoms with Gasteiger partial charge in [-0.25, -0.2) is 13.8 Å². The van der Waals surface area contributed by atoms with Crippen LogP contribution >= 0.6 is 22.7 Å². The minimum atomic E-state index is -0.841. The highest BCUT2D eigenvalue weighted by atomic mass is 32.1. The molecule has 1 atom stereocenters. The number of halogens is 2. The zero-order valence-electron chi connectivity index (χ0n) is 14.3. The number of amides is 1. The van der Waals surface area contributed by atoms with Crippen molar-refractivity contribution in [2.24, 2.45) is 5.92 Å². The number of thiophene rings is 1. The van der Waals surface area contributed by atoms with Gasteiger partial charge in [0.05, 0.1) is 0 Å². The Morgan fingerprint density at radius 2 is 2.15 bits per heavy atom. The van der Waals surface area contributed by atoms with Crippen LogP contribution < -0.4 is 10.2 Å². The molecule has 8 heteroatoms. The molecule has 2 aromatic heterocycles. The highest BCUT2D eigenvalue weighted by Crippen LogP contribution is 2.27. The maximum atomic E-state index is 13.4. The van der Waals surface area contributed by atoms with Gasteiger partial charge in [0.25, 0.3) is 5.91 Å². The second-order valence-electron chi connectivity index (χ2n) is 6.46. The van der Waals surface area contributed by atoms with Crippen LogP contribution in [0.5, 0.6) is 0 Å². The quantitative estimate of drug-likeness (QED) is 0.684. The SMILES string of the molecule is O=C(NCC1CCN(c2ccc(F)c(F)c2)C1)c1csc(-c2ccsc2)n1. The molecule has 1 amide bonds. The van der Waals surface area contributed by atoms with Crippen LogP contribution in [-0.2, 0) is 0 Å². The largest absolute Gasteiger partial charge is 0.371 e. The molecule has 0 bridgehead atoms. The number of hydrogen-bond donors (Lipinski definition) is 1. The summed E-state index contributed by atoms with van der Waals surface area (Å²) in [7, 11) is 0. The first-order valence-electron chi connectivity index (χ1n) is 8.56. The number of benzene rings is 1. The molecule has 3 heterocycles. The lowest BCUT2D eigenvalue weighted by molar-refractivity contribution is 0.0944. The number of nitrogens with one attached hydrogen (secondary N) is 1. The van der Waals surface area contributed by atoms with E-state index in [0.717, 1.165) is 29.6 Å². The number of carbonyl (C=O) groups excluding carboxylic acids is 1. The third kappa shape index (κ3) is 4.01. The number of rotatable bonds is 5. The summed E-state index contributed by atoms with van der Waals surface area (Å²) in [6.45, 7) is 1.98. The maximum absolute atomic E-state index is 13.4. The minimum absolute atomic E-state index is 0.181. The molecule has 27 heavy (non-hydrogen) atoms. The Bertz CT molecular complexity index is 942. The van der Waals surface area contributed by atoms with E-state index >= 15 is 0 Å². The van der Waals surface area contributed by atoms with Gasteiger partial charge in [-0.3, -0.25) is 4.79 Å². The second-order valence-corrected chi connectivity index (χ2v) is 8.10. The van der Waals surface area contributed by atoms with Gasteiger partial charge in [-0.2, -0.15) is 11.3 Å². The highest BCUT2D eigenvalue weighted by molar-refractivity contribution is 7.14. The summed E-state index contributed by atoms with van der Waals surface area (Å²) in [5.74, 6) is -1.60. The van der Waals surface area contributed by atoms with E-state index in [4.69, 9.17) is 0 Å². The predicted octanol–water partition coefficient (Wildman–Crippen LogP) is 4.41. The van der Waals surface area contributed by atoms with Crippen LogP contribution in [0, 0.1) is 17.6 Å². The third-order valence-electron chi connectivity index (χ3n) is 4.61. The summed E-state index contributed by atoms with van der Waals surface area (Å²) in [5, 5.41) is 9.53. The summed E-state index contributed by atoms with van der Waals surface area (Å²) in [5.41, 5.74) is 2.13. The standard InChI is InChI=1S/C19H17F2N3OS2/c20-15-2-1-14(7-16(15)21)24-5-3-12(9-24)8-22-18(25)17-11-27-19(23-17)13-4-6-26-10-13/h1-2,4,6-7,10-12H,3,5,8-9H2,(H,22,25). The average molecular weight is 405 g/mol. The molecule has 0 spiro atoms. The van der Waals surface area contributed by atoms with Crippen molar-refractivity contribution in [2.45, 2.75) is 6.42 Å². The van der Waals surface area contributed by atoms with E-state index < -0.39 is 11.6 Å². The van der Waals surface area contributed by atoms with E-state index in [2.05, 4.69) is 10.3 Å². The number of thiazole rings is 1. The van der Waals surface area contributed by atoms with Crippen LogP contribution in [0.15, 0.2) is 40.4 Å². The van der Waals surface area contributed by atoms with E-state index in [1.165, 1.54) is 17.4 Å². The van der Waals surface area contributed by atoms with Crippen LogP contribution in [-0.4, -0.2) is 30.5 Å². The fraction of sp³-hybridized carbons (Fsp3) is 0.263. The molecule has 4 rings (SSSR count). The van der Waals surface area contributed by atoms with Crippen molar-refractivity contribution in [2.75, 3.05) is 24.5 Å². The van der Waals surface area contributed by atoms with Crippen LogP contribution in [0.25, 0.3) is 10.6 Å². The van der Waals surface area contributed by atoms with Gasteiger partial charge in [-0.15, -0.1) is 11.3 Å². The maximum Gasteiger partial charge on any atom is 0.270 e. The monoisotopic (exact) mass is 405 g/mol. The first-order chi connectivity index (χ1) is 13.1. The molecule has 1 unspecified atom stereocenters. The van der Waals surface area contributed by atoms with E-state index in [1.54, 1.807) is 22.8 Å². The number of anilines is 1. The molecule has 0 radical (unpaired) electrons. The molecule has 4 nitrogen and oxygen atoms in total. The molecular weight excluding hydrogens is 388 g/mol. The van der Waals surface area contributed by atoms with Gasteiger partial charge < -0.3 is 10.2 Å². The summed E-state index contributed by atoms with van der Waals surface area (Å²) >= 11 is 3.05. The van der Waals surface area contributed by atoms with Crippen molar-refractivity contribution in [3.05, 3.63) is 57.7 Å². The first kappa shape index (κ1) is 18.1. The molecule has 140 valence electrons. The molecule has 1 N–H and O–H groups in total. The molecule has 1 aliphatic rings. The molecular formula is C19H17F2N3OS2. The van der Waals surface area contributed by atoms with Crippen molar-refractivity contribution in [1.29, 1.82) is 0 Å². The van der Waals surface area contributed by atoms with E-state index in [9.17, 15) is 13.6 Å². The summed E-state index contributed by atoms with van der Waals surface area (Å²) in [6, 6.07) is 5.93. The molecule has 3 aromatic rings. The molecule has 1 aliphatic heterocycles. The predicted molar refractivity (Wildman–Crippen MR) is 104 cm³/mol. The Morgan fingerprint density at radius 3 is 2.93 bits per heavy atom. The van der Waals surface area contributed by atoms with E-state index in [-0.39, 0.29) is 11.8 Å². The molecule has 1 aromatic carbocycles. The lowest BCUT2D eigenvalue weighted by Crippen LogP contribution is -2.31. The van der Waals surface area contributed by atoms with Crippen molar-refractivity contribution in [3.63, 3.8) is 0 Å². The highest BCUT2D eigenvalue weighted by Gasteiger charge is 2.24. The second kappa shape index (κ2) is 7.74. The van der Waals surface area contributed by atoms with Crippen molar-refractivity contribution in [1.82, 2.24) is 10.3 Å². The number of hydrogen-bond acceptors (Lipinski definition) is 5. The molecule has 0 saturated carbocycles. The van der Waals surface area contributed by atoms with Gasteiger partial charge in [0.2, 0.25) is 0 Å². The fourth-order valence-electron chi connectivity index (χ4n) is 3.14. The number of nitrogens with zero attached hydrogens (tertiary/aromatic N) is 2. The molecule has 0 aliphatic carbocycles. The Kier molecular flexibility index (Phi) is 5.18. The molecule has 1 fully saturated rings. The van der Waals surface area contributed by atoms with E-state index in [0.29, 0.717) is 24.5 Å². The normalized spacial score (nSPS) is 16.7. The smallest absolute Gasteiger partial charge is 0.270 e. The Balaban J connectivity index is 1.31. The summed E-state index contributed by atoms with van der Waals surface area (Å²) < 4.78 is 26.5. The van der Waals surface area contributed by atoms with Crippen LogP contribution in [0.2, 0.25) is 0 Å². The van der Waals surface area contributed by atoms with Crippen LogP contribution in [0.1, 0.15) is 16.9 Å². The van der Waals surface area contributed by atoms with Crippen molar-refractivity contribution >= 4 is 34.3 Å². The van der Waals surface area contributed by atoms with Crippen molar-refractivity contribution < 1.29 is 13.6 Å². The topological polar surface area (TPSA) is 45.2 Å². The average Bonchev–Trinajstić information content (AvgIpc) is 3.42. The van der Waals surface area contributed by atoms with Gasteiger partial charge in [-0.1, -0.05) is 0 Å². The van der Waals surface area contributed by atoms with Crippen molar-refractivity contribution in [3.8, 4) is 10.6 Å². The number of aromatic nitrogens is 1. The summed E-state index contributed by atoms with van der Waals surface area (Å²) in [4.78, 5) is 18.8. The Hall–Kier alpha value is -2.32. The van der Waals surface area contributed by atoms with Crippen LogP contribution in [0.4, 0.5) is 14.5 Å². The summed E-state index contributed by atoms with van der Waals surface area (Å²) in [6.07, 6.45) is 0.885. The third-order valence-corrected chi connectivity index (χ3v) is 6.19. The first-order valence-corrected chi connectivity index (χ1v) is 10.4. The number of carbonyl (C=O) groups is 1. The van der Waals surface area contributed by atoms with Gasteiger partial charge in [0, 0.05) is 47.7 Å². The van der Waals surface area contributed by atoms with Gasteiger partial charge in [-0.05, 0) is 35.9 Å². The lowest BCUT2D eigenvalue weighted by Gasteiger charge is -2.19. The Labute approximate surface area is 163 Å². The van der Waals surface area contributed by atoms with Gasteiger partial charge >= 0.3 is 0 Å².